The summed E-state index contributed by atoms with van der Waals surface area (Å²) in [6.07, 6.45) is 3.28. The normalized spacial score (nSPS) is 15.2. The van der Waals surface area contributed by atoms with Gasteiger partial charge in [-0.1, -0.05) is 13.3 Å². The average Bonchev–Trinajstić information content (AvgIpc) is 2.99. The van der Waals surface area contributed by atoms with Gasteiger partial charge in [-0.05, 0) is 44.0 Å². The van der Waals surface area contributed by atoms with Gasteiger partial charge in [-0.2, -0.15) is 0 Å². The Balaban J connectivity index is 1.84. The van der Waals surface area contributed by atoms with E-state index in [4.69, 9.17) is 4.74 Å². The number of anilines is 1. The van der Waals surface area contributed by atoms with Crippen molar-refractivity contribution in [3.8, 4) is 0 Å². The van der Waals surface area contributed by atoms with E-state index in [0.29, 0.717) is 18.5 Å². The molecule has 0 aliphatic carbocycles. The predicted molar refractivity (Wildman–Crippen MR) is 90.8 cm³/mol. The lowest BCUT2D eigenvalue weighted by Crippen LogP contribution is -2.35. The molecule has 1 aromatic rings. The van der Waals surface area contributed by atoms with E-state index in [1.54, 1.807) is 29.2 Å². The first kappa shape index (κ1) is 18.0. The van der Waals surface area contributed by atoms with Crippen LogP contribution in [0, 0.1) is 0 Å². The Hall–Kier alpha value is -2.37. The minimum absolute atomic E-state index is 0.0680. The topological polar surface area (TPSA) is 75.7 Å². The molecule has 24 heavy (non-hydrogen) atoms. The third kappa shape index (κ3) is 4.81. The van der Waals surface area contributed by atoms with Gasteiger partial charge in [0, 0.05) is 24.7 Å². The van der Waals surface area contributed by atoms with Crippen LogP contribution in [0.25, 0.3) is 0 Å². The summed E-state index contributed by atoms with van der Waals surface area (Å²) in [6.45, 7) is 4.38. The Labute approximate surface area is 142 Å². The molecule has 130 valence electrons. The Morgan fingerprint density at radius 2 is 2.00 bits per heavy atom. The van der Waals surface area contributed by atoms with E-state index in [1.807, 2.05) is 13.8 Å². The van der Waals surface area contributed by atoms with Crippen molar-refractivity contribution < 1.29 is 19.1 Å². The van der Waals surface area contributed by atoms with Crippen molar-refractivity contribution in [2.45, 2.75) is 45.6 Å². The zero-order valence-electron chi connectivity index (χ0n) is 14.2. The molecular weight excluding hydrogens is 308 g/mol. The number of carbonyl (C=O) groups is 3. The first-order valence-electron chi connectivity index (χ1n) is 8.38. The number of amides is 2. The number of esters is 1. The Bertz CT molecular complexity index is 598. The fraction of sp³-hybridized carbons (Fsp3) is 0.500. The van der Waals surface area contributed by atoms with Crippen molar-refractivity contribution in [1.82, 2.24) is 5.32 Å². The van der Waals surface area contributed by atoms with Crippen molar-refractivity contribution in [2.24, 2.45) is 0 Å². The first-order valence-corrected chi connectivity index (χ1v) is 8.38. The van der Waals surface area contributed by atoms with Crippen LogP contribution in [-0.4, -0.2) is 37.0 Å². The minimum Gasteiger partial charge on any atom is -0.452 e. The second-order valence-electron chi connectivity index (χ2n) is 6.03. The summed E-state index contributed by atoms with van der Waals surface area (Å²) < 4.78 is 5.02. The molecule has 0 bridgehead atoms. The molecule has 1 heterocycles. The average molecular weight is 332 g/mol. The summed E-state index contributed by atoms with van der Waals surface area (Å²) in [6, 6.07) is 6.74. The molecule has 0 saturated carbocycles. The molecule has 0 aromatic heterocycles. The van der Waals surface area contributed by atoms with Gasteiger partial charge in [0.05, 0.1) is 5.56 Å². The number of ether oxygens (including phenoxy) is 1. The van der Waals surface area contributed by atoms with E-state index >= 15 is 0 Å². The number of nitrogens with zero attached hydrogens (tertiary/aromatic N) is 1. The molecule has 6 nitrogen and oxygen atoms in total. The number of carbonyl (C=O) groups excluding carboxylic acids is 3. The van der Waals surface area contributed by atoms with E-state index in [2.05, 4.69) is 5.32 Å². The molecule has 1 N–H and O–H groups in total. The summed E-state index contributed by atoms with van der Waals surface area (Å²) in [4.78, 5) is 37.1. The maximum Gasteiger partial charge on any atom is 0.338 e. The van der Waals surface area contributed by atoms with Crippen LogP contribution in [0.3, 0.4) is 0 Å². The van der Waals surface area contributed by atoms with Crippen molar-refractivity contribution in [3.63, 3.8) is 0 Å². The number of nitrogens with one attached hydrogen (secondary N) is 1. The van der Waals surface area contributed by atoms with Gasteiger partial charge >= 0.3 is 5.97 Å². The molecule has 1 aromatic carbocycles. The lowest BCUT2D eigenvalue weighted by molar-refractivity contribution is -0.124. The van der Waals surface area contributed by atoms with E-state index in [9.17, 15) is 14.4 Å². The summed E-state index contributed by atoms with van der Waals surface area (Å²) in [5.41, 5.74) is 1.14. The van der Waals surface area contributed by atoms with Crippen LogP contribution in [0.5, 0.6) is 0 Å². The van der Waals surface area contributed by atoms with Gasteiger partial charge in [0.2, 0.25) is 5.91 Å². The van der Waals surface area contributed by atoms with Gasteiger partial charge in [0.15, 0.2) is 6.61 Å². The number of rotatable bonds is 7. The Morgan fingerprint density at radius 1 is 1.29 bits per heavy atom. The van der Waals surface area contributed by atoms with Gasteiger partial charge in [-0.25, -0.2) is 4.79 Å². The third-order valence-corrected chi connectivity index (χ3v) is 3.95. The molecule has 1 fully saturated rings. The highest BCUT2D eigenvalue weighted by molar-refractivity contribution is 5.96. The van der Waals surface area contributed by atoms with Crippen LogP contribution in [0.15, 0.2) is 24.3 Å². The van der Waals surface area contributed by atoms with E-state index in [1.165, 1.54) is 0 Å². The second kappa shape index (κ2) is 8.47. The van der Waals surface area contributed by atoms with Crippen LogP contribution >= 0.6 is 0 Å². The molecule has 1 saturated heterocycles. The highest BCUT2D eigenvalue weighted by atomic mass is 16.5. The maximum atomic E-state index is 12.0. The molecular formula is C18H24N2O4. The fourth-order valence-corrected chi connectivity index (χ4v) is 2.73. The highest BCUT2D eigenvalue weighted by Crippen LogP contribution is 2.21. The molecule has 6 heteroatoms. The summed E-state index contributed by atoms with van der Waals surface area (Å²) in [7, 11) is 0. The van der Waals surface area contributed by atoms with Gasteiger partial charge in [-0.3, -0.25) is 9.59 Å². The quantitative estimate of drug-likeness (QED) is 0.777. The fourth-order valence-electron chi connectivity index (χ4n) is 2.73. The van der Waals surface area contributed by atoms with Crippen molar-refractivity contribution in [2.75, 3.05) is 18.1 Å². The molecule has 1 atom stereocenters. The summed E-state index contributed by atoms with van der Waals surface area (Å²) >= 11 is 0. The third-order valence-electron chi connectivity index (χ3n) is 3.95. The van der Waals surface area contributed by atoms with Gasteiger partial charge in [0.25, 0.3) is 5.91 Å². The molecule has 1 aliphatic rings. The van der Waals surface area contributed by atoms with Crippen LogP contribution in [0.1, 0.15) is 49.9 Å². The molecule has 0 radical (unpaired) electrons. The molecule has 0 spiro atoms. The van der Waals surface area contributed by atoms with Crippen molar-refractivity contribution in [3.05, 3.63) is 29.8 Å². The minimum atomic E-state index is -0.549. The van der Waals surface area contributed by atoms with E-state index in [0.717, 1.165) is 24.9 Å². The SMILES string of the molecule is CCC[C@H](C)NC(=O)COC(=O)c1ccc(N2CCCC2=O)cc1. The largest absolute Gasteiger partial charge is 0.452 e. The van der Waals surface area contributed by atoms with Crippen LogP contribution in [0.4, 0.5) is 5.69 Å². The predicted octanol–water partition coefficient (Wildman–Crippen LogP) is 2.28. The lowest BCUT2D eigenvalue weighted by Gasteiger charge is -2.16. The van der Waals surface area contributed by atoms with Gasteiger partial charge < -0.3 is 15.0 Å². The van der Waals surface area contributed by atoms with E-state index < -0.39 is 5.97 Å². The lowest BCUT2D eigenvalue weighted by atomic mass is 10.2. The van der Waals surface area contributed by atoms with Gasteiger partial charge in [-0.15, -0.1) is 0 Å². The Morgan fingerprint density at radius 3 is 2.58 bits per heavy atom. The smallest absolute Gasteiger partial charge is 0.338 e. The zero-order valence-corrected chi connectivity index (χ0v) is 14.2. The highest BCUT2D eigenvalue weighted by Gasteiger charge is 2.21. The second-order valence-corrected chi connectivity index (χ2v) is 6.03. The van der Waals surface area contributed by atoms with Crippen molar-refractivity contribution >= 4 is 23.5 Å². The molecule has 2 rings (SSSR count). The molecule has 2 amide bonds. The first-order chi connectivity index (χ1) is 11.5. The van der Waals surface area contributed by atoms with Crippen LogP contribution in [0.2, 0.25) is 0 Å². The van der Waals surface area contributed by atoms with Crippen LogP contribution < -0.4 is 10.2 Å². The van der Waals surface area contributed by atoms with E-state index in [-0.39, 0.29) is 24.5 Å². The number of hydrogen-bond acceptors (Lipinski definition) is 4. The maximum absolute atomic E-state index is 12.0. The summed E-state index contributed by atoms with van der Waals surface area (Å²) in [5.74, 6) is -0.751. The number of hydrogen-bond donors (Lipinski definition) is 1. The zero-order chi connectivity index (χ0) is 17.5. The van der Waals surface area contributed by atoms with Crippen LogP contribution in [-0.2, 0) is 14.3 Å². The van der Waals surface area contributed by atoms with Crippen molar-refractivity contribution in [1.29, 1.82) is 0 Å². The monoisotopic (exact) mass is 332 g/mol. The van der Waals surface area contributed by atoms with Gasteiger partial charge in [0.1, 0.15) is 0 Å². The summed E-state index contributed by atoms with van der Waals surface area (Å²) in [5, 5.41) is 2.78. The molecule has 1 aliphatic heterocycles. The number of benzene rings is 1. The molecule has 0 unspecified atom stereocenters. The standard InChI is InChI=1S/C18H24N2O4/c1-3-5-13(2)19-16(21)12-24-18(23)14-7-9-15(10-8-14)20-11-4-6-17(20)22/h7-10,13H,3-6,11-12H2,1-2H3,(H,19,21)/t13-/m0/s1. The Kier molecular flexibility index (Phi) is 6.35.